The minimum Gasteiger partial charge on any atom is -0.512 e. The molecule has 0 aliphatic heterocycles. The van der Waals surface area contributed by atoms with Gasteiger partial charge in [-0.1, -0.05) is 230 Å². The fraction of sp³-hybridized carbons (Fsp3) is 0.345. The molecule has 4 aromatic heterocycles. The molecule has 2 aliphatic rings. The van der Waals surface area contributed by atoms with Gasteiger partial charge in [-0.3, -0.25) is 24.7 Å². The van der Waals surface area contributed by atoms with Gasteiger partial charge in [0.15, 0.2) is 5.78 Å². The van der Waals surface area contributed by atoms with Crippen molar-refractivity contribution in [3.8, 4) is 55.6 Å². The van der Waals surface area contributed by atoms with Crippen molar-refractivity contribution in [2.24, 2.45) is 10.8 Å². The number of carbonyl (C=O) groups is 1. The van der Waals surface area contributed by atoms with E-state index in [0.717, 1.165) is 128 Å². The van der Waals surface area contributed by atoms with Crippen LogP contribution in [0.25, 0.3) is 111 Å². The SMILES string of the molecule is C/C(O)=C/C(=O)CCc1ccccc1-c1cc(-c2ccccc2-c2c[c-]c3c(c2)nc(C(C)(C)C)n2c4cc5c(cc4nc32)C(C)(C)C(C)(C)C5(C)C)cc(-c2ccccc2-c2c[c-]c3c(c2)nc(C(C)(C)C)n2c4cc5c(cc4nc32)C(C)(C)C(C)(C)C5(C)C)c1.[Ir]. The molecule has 1 N–H and O–H groups in total. The molecular weight excluding hydrogens is 1320 g/mol. The number of fused-ring (bicyclic) bond motifs is 12. The van der Waals surface area contributed by atoms with E-state index in [0.29, 0.717) is 6.42 Å². The average Bonchev–Trinajstić information content (AvgIpc) is 1.54. The summed E-state index contributed by atoms with van der Waals surface area (Å²) in [4.78, 5) is 35.3. The van der Waals surface area contributed by atoms with Gasteiger partial charge >= 0.3 is 0 Å². The summed E-state index contributed by atoms with van der Waals surface area (Å²) in [7, 11) is 0. The summed E-state index contributed by atoms with van der Waals surface area (Å²) in [6.45, 7) is 43.8. The molecule has 0 fully saturated rings. The van der Waals surface area contributed by atoms with Crippen LogP contribution >= 0.6 is 0 Å². The first-order valence-electron chi connectivity index (χ1n) is 32.9. The summed E-state index contributed by atoms with van der Waals surface area (Å²) < 4.78 is 4.61. The van der Waals surface area contributed by atoms with E-state index in [4.69, 9.17) is 19.9 Å². The first-order chi connectivity index (χ1) is 43.1. The van der Waals surface area contributed by atoms with Crippen molar-refractivity contribution < 1.29 is 30.0 Å². The van der Waals surface area contributed by atoms with Crippen LogP contribution in [0.2, 0.25) is 0 Å². The number of aryl methyl sites for hydroxylation is 1. The second-order valence-corrected chi connectivity index (χ2v) is 32.0. The van der Waals surface area contributed by atoms with Gasteiger partial charge in [0, 0.05) is 43.4 Å². The second-order valence-electron chi connectivity index (χ2n) is 32.0. The molecule has 0 amide bonds. The molecule has 9 heteroatoms. The van der Waals surface area contributed by atoms with Crippen LogP contribution in [-0.2, 0) is 63.8 Å². The third-order valence-electron chi connectivity index (χ3n) is 23.4. The maximum absolute atomic E-state index is 13.1. The molecule has 8 aromatic carbocycles. The molecular formula is C84H86IrN6O2-2. The Labute approximate surface area is 562 Å². The predicted molar refractivity (Wildman–Crippen MR) is 381 cm³/mol. The van der Waals surface area contributed by atoms with E-state index in [-0.39, 0.29) is 81.4 Å². The number of aromatic nitrogens is 6. The van der Waals surface area contributed by atoms with Crippen LogP contribution in [0.5, 0.6) is 0 Å². The molecule has 93 heavy (non-hydrogen) atoms. The van der Waals surface area contributed by atoms with Crippen LogP contribution in [0.4, 0.5) is 0 Å². The number of carbonyl (C=O) groups excluding carboxylic acids is 1. The molecule has 4 heterocycles. The minimum absolute atomic E-state index is 0. The van der Waals surface area contributed by atoms with Gasteiger partial charge < -0.3 is 13.9 Å². The van der Waals surface area contributed by atoms with Gasteiger partial charge in [-0.25, -0.2) is 0 Å². The number of allylic oxidation sites excluding steroid dienone is 2. The molecule has 0 spiro atoms. The largest absolute Gasteiger partial charge is 0.512 e. The summed E-state index contributed by atoms with van der Waals surface area (Å²) in [5, 5.41) is 11.8. The van der Waals surface area contributed by atoms with Gasteiger partial charge in [0.25, 0.3) is 0 Å². The Hall–Kier alpha value is -8.10. The molecule has 0 saturated heterocycles. The van der Waals surface area contributed by atoms with Crippen LogP contribution < -0.4 is 0 Å². The Bertz CT molecular complexity index is 4900. The quantitative estimate of drug-likeness (QED) is 0.0878. The van der Waals surface area contributed by atoms with E-state index in [1.807, 2.05) is 6.07 Å². The fourth-order valence-electron chi connectivity index (χ4n) is 15.8. The number of benzene rings is 8. The van der Waals surface area contributed by atoms with E-state index >= 15 is 0 Å². The molecule has 0 bridgehead atoms. The summed E-state index contributed by atoms with van der Waals surface area (Å²) in [5.74, 6) is 1.80. The van der Waals surface area contributed by atoms with Crippen LogP contribution in [-0.4, -0.2) is 39.6 Å². The standard InChI is InChI=1S/C84H86N6O2.Ir/c1-48(91)38-55(92)35-32-49-26-20-21-27-56(49)52-39-53(59-30-24-22-28-57(59)50-33-36-61-67(42-50)87-75(77(2,3)4)89-71-46-65-63(44-69(71)85-73(61)89)79(8,9)83(16,17)81(65,12)13)41-54(40-52)60-31-25-23-29-58(60)51-34-37-62-68(43-51)88-76(78(5,6)7)90-72-47-66-64(45-70(72)86-74(62)90)80(10,11)84(18,19)82(66,14)15;/h20-31,33-34,38-47,91H,32,35H2,1-19H3;/q-2;/b48-38-;. The van der Waals surface area contributed by atoms with E-state index in [1.165, 1.54) is 35.3 Å². The number of ketones is 1. The van der Waals surface area contributed by atoms with Crippen molar-refractivity contribution >= 4 is 61.0 Å². The van der Waals surface area contributed by atoms with Crippen molar-refractivity contribution in [3.05, 3.63) is 203 Å². The molecule has 475 valence electrons. The number of nitrogens with zero attached hydrogens (tertiary/aromatic N) is 6. The van der Waals surface area contributed by atoms with Crippen LogP contribution in [0.3, 0.4) is 0 Å². The Morgan fingerprint density at radius 1 is 0.462 bits per heavy atom. The molecule has 0 atom stereocenters. The van der Waals surface area contributed by atoms with E-state index in [1.54, 1.807) is 0 Å². The number of hydrogen-bond donors (Lipinski definition) is 1. The third kappa shape index (κ3) is 9.46. The molecule has 0 unspecified atom stereocenters. The van der Waals surface area contributed by atoms with E-state index < -0.39 is 0 Å². The first kappa shape index (κ1) is 63.6. The molecule has 14 rings (SSSR count). The second kappa shape index (κ2) is 21.2. The van der Waals surface area contributed by atoms with Gasteiger partial charge in [0.05, 0.1) is 39.1 Å². The number of rotatable bonds is 9. The van der Waals surface area contributed by atoms with Crippen LogP contribution in [0.15, 0.2) is 151 Å². The first-order valence-corrected chi connectivity index (χ1v) is 32.9. The smallest absolute Gasteiger partial charge is 0.159 e. The van der Waals surface area contributed by atoms with Crippen LogP contribution in [0, 0.1) is 23.0 Å². The normalized spacial score (nSPS) is 17.0. The van der Waals surface area contributed by atoms with Gasteiger partial charge in [-0.2, -0.15) is 0 Å². The monoisotopic (exact) mass is 1400 g/mol. The molecule has 8 nitrogen and oxygen atoms in total. The zero-order valence-electron chi connectivity index (χ0n) is 57.6. The molecule has 0 saturated carbocycles. The molecule has 1 radical (unpaired) electrons. The Morgan fingerprint density at radius 2 is 0.806 bits per heavy atom. The van der Waals surface area contributed by atoms with E-state index in [2.05, 4.69) is 279 Å². The third-order valence-corrected chi connectivity index (χ3v) is 23.4. The van der Waals surface area contributed by atoms with Crippen molar-refractivity contribution in [1.29, 1.82) is 0 Å². The van der Waals surface area contributed by atoms with Gasteiger partial charge in [-0.15, -0.1) is 36.4 Å². The van der Waals surface area contributed by atoms with E-state index in [9.17, 15) is 9.90 Å². The number of aliphatic hydroxyl groups excluding tert-OH is 1. The Morgan fingerprint density at radius 3 is 1.18 bits per heavy atom. The van der Waals surface area contributed by atoms with Gasteiger partial charge in [0.1, 0.15) is 11.6 Å². The van der Waals surface area contributed by atoms with Crippen molar-refractivity contribution in [3.63, 3.8) is 0 Å². The number of hydrogen-bond acceptors (Lipinski definition) is 6. The maximum Gasteiger partial charge on any atom is 0.159 e. The summed E-state index contributed by atoms with van der Waals surface area (Å²) >= 11 is 0. The number of aliphatic hydroxyl groups is 1. The fourth-order valence-corrected chi connectivity index (χ4v) is 15.8. The van der Waals surface area contributed by atoms with Crippen molar-refractivity contribution in [1.82, 2.24) is 28.7 Å². The minimum atomic E-state index is -0.321. The zero-order valence-corrected chi connectivity index (χ0v) is 60.0. The zero-order chi connectivity index (χ0) is 65.5. The Balaban J connectivity index is 0.00000787. The van der Waals surface area contributed by atoms with Gasteiger partial charge in [-0.05, 0) is 161 Å². The summed E-state index contributed by atoms with van der Waals surface area (Å²) in [6.07, 6.45) is 2.08. The molecule has 2 aliphatic carbocycles. The van der Waals surface area contributed by atoms with Crippen molar-refractivity contribution in [2.45, 2.75) is 177 Å². The summed E-state index contributed by atoms with van der Waals surface area (Å²) in [6, 6.07) is 58.4. The van der Waals surface area contributed by atoms with Gasteiger partial charge in [0.2, 0.25) is 0 Å². The van der Waals surface area contributed by atoms with Crippen LogP contribution in [0.1, 0.15) is 177 Å². The Kier molecular flexibility index (Phi) is 14.5. The molecule has 12 aromatic rings. The number of imidazole rings is 2. The predicted octanol–water partition coefficient (Wildman–Crippen LogP) is 21.1. The maximum atomic E-state index is 13.1. The average molecular weight is 1400 g/mol. The summed E-state index contributed by atoms with van der Waals surface area (Å²) in [5.41, 5.74) is 23.5. The topological polar surface area (TPSA) is 97.7 Å². The van der Waals surface area contributed by atoms with Crippen molar-refractivity contribution in [2.75, 3.05) is 0 Å².